The van der Waals surface area contributed by atoms with E-state index in [-0.39, 0.29) is 17.9 Å². The number of primary amides is 1. The van der Waals surface area contributed by atoms with Crippen molar-refractivity contribution in [3.63, 3.8) is 0 Å². The number of ether oxygens (including phenoxy) is 2. The van der Waals surface area contributed by atoms with Crippen LogP contribution in [0.25, 0.3) is 0 Å². The first-order valence-electron chi connectivity index (χ1n) is 6.34. The van der Waals surface area contributed by atoms with Gasteiger partial charge in [-0.25, -0.2) is 0 Å². The maximum absolute atomic E-state index is 10.9. The summed E-state index contributed by atoms with van der Waals surface area (Å²) in [4.78, 5) is 10.9. The maximum Gasteiger partial charge on any atom is 0.217 e. The molecular formula is C14H21ClN2O3. The molecule has 0 aromatic heterocycles. The summed E-state index contributed by atoms with van der Waals surface area (Å²) in [6.07, 6.45) is 0.913. The maximum atomic E-state index is 10.9. The molecule has 112 valence electrons. The molecule has 0 aliphatic rings. The Hall–Kier alpha value is -1.46. The van der Waals surface area contributed by atoms with E-state index in [1.165, 1.54) is 0 Å². The lowest BCUT2D eigenvalue weighted by Crippen LogP contribution is -2.19. The Balaban J connectivity index is 2.92. The molecule has 1 amide bonds. The van der Waals surface area contributed by atoms with Gasteiger partial charge >= 0.3 is 0 Å². The second-order valence-corrected chi connectivity index (χ2v) is 5.25. The van der Waals surface area contributed by atoms with E-state index in [0.717, 1.165) is 5.56 Å². The van der Waals surface area contributed by atoms with E-state index in [2.05, 4.69) is 0 Å². The SMILES string of the molecule is COc1cc(Cl)c(C(N)CC(C)CC(N)=O)cc1OC. The highest BCUT2D eigenvalue weighted by atomic mass is 35.5. The summed E-state index contributed by atoms with van der Waals surface area (Å²) in [7, 11) is 3.10. The monoisotopic (exact) mass is 300 g/mol. The summed E-state index contributed by atoms with van der Waals surface area (Å²) in [5.74, 6) is 0.887. The van der Waals surface area contributed by atoms with E-state index >= 15 is 0 Å². The molecule has 20 heavy (non-hydrogen) atoms. The molecule has 0 fully saturated rings. The molecule has 4 N–H and O–H groups in total. The van der Waals surface area contributed by atoms with Gasteiger partial charge in [-0.15, -0.1) is 0 Å². The lowest BCUT2D eigenvalue weighted by Gasteiger charge is -2.19. The van der Waals surface area contributed by atoms with Crippen LogP contribution in [0.3, 0.4) is 0 Å². The minimum Gasteiger partial charge on any atom is -0.493 e. The minimum atomic E-state index is -0.330. The zero-order valence-corrected chi connectivity index (χ0v) is 12.7. The highest BCUT2D eigenvalue weighted by molar-refractivity contribution is 6.31. The van der Waals surface area contributed by atoms with Crippen LogP contribution in [0.4, 0.5) is 0 Å². The van der Waals surface area contributed by atoms with Crippen molar-refractivity contribution in [2.24, 2.45) is 17.4 Å². The second-order valence-electron chi connectivity index (χ2n) is 4.85. The molecule has 2 atom stereocenters. The van der Waals surface area contributed by atoms with Gasteiger partial charge < -0.3 is 20.9 Å². The summed E-state index contributed by atoms with van der Waals surface area (Å²) >= 11 is 6.21. The minimum absolute atomic E-state index is 0.0895. The second kappa shape index (κ2) is 7.36. The lowest BCUT2D eigenvalue weighted by atomic mass is 9.94. The van der Waals surface area contributed by atoms with Crippen LogP contribution in [-0.4, -0.2) is 20.1 Å². The van der Waals surface area contributed by atoms with Gasteiger partial charge in [-0.2, -0.15) is 0 Å². The molecule has 1 aromatic carbocycles. The van der Waals surface area contributed by atoms with Gasteiger partial charge in [-0.1, -0.05) is 18.5 Å². The van der Waals surface area contributed by atoms with Gasteiger partial charge in [0.2, 0.25) is 5.91 Å². The number of rotatable bonds is 7. The summed E-state index contributed by atoms with van der Waals surface area (Å²) in [5.41, 5.74) is 12.1. The standard InChI is InChI=1S/C14H21ClN2O3/c1-8(5-14(17)18)4-11(16)9-6-12(19-2)13(20-3)7-10(9)15/h6-8,11H,4-5,16H2,1-3H3,(H2,17,18). The molecule has 5 nitrogen and oxygen atoms in total. The largest absolute Gasteiger partial charge is 0.493 e. The van der Waals surface area contributed by atoms with Crippen molar-refractivity contribution in [3.05, 3.63) is 22.7 Å². The first-order valence-corrected chi connectivity index (χ1v) is 6.72. The topological polar surface area (TPSA) is 87.6 Å². The van der Waals surface area contributed by atoms with Gasteiger partial charge in [0.05, 0.1) is 14.2 Å². The van der Waals surface area contributed by atoms with Crippen molar-refractivity contribution in [3.8, 4) is 11.5 Å². The summed E-state index contributed by atoms with van der Waals surface area (Å²) in [6, 6.07) is 3.15. The third-order valence-corrected chi connectivity index (χ3v) is 3.44. The Bertz CT molecular complexity index is 480. The number of carbonyl (C=O) groups is 1. The van der Waals surface area contributed by atoms with Crippen LogP contribution in [0.1, 0.15) is 31.4 Å². The average molecular weight is 301 g/mol. The normalized spacial score (nSPS) is 13.7. The van der Waals surface area contributed by atoms with Crippen LogP contribution in [-0.2, 0) is 4.79 Å². The zero-order chi connectivity index (χ0) is 15.3. The molecule has 0 radical (unpaired) electrons. The average Bonchev–Trinajstić information content (AvgIpc) is 2.36. The Morgan fingerprint density at radius 1 is 1.30 bits per heavy atom. The van der Waals surface area contributed by atoms with Crippen LogP contribution in [0.5, 0.6) is 11.5 Å². The molecule has 0 saturated carbocycles. The smallest absolute Gasteiger partial charge is 0.217 e. The molecule has 1 rings (SSSR count). The van der Waals surface area contributed by atoms with Gasteiger partial charge in [0.25, 0.3) is 0 Å². The third-order valence-electron chi connectivity index (χ3n) is 3.11. The fourth-order valence-electron chi connectivity index (χ4n) is 2.14. The van der Waals surface area contributed by atoms with Crippen LogP contribution >= 0.6 is 11.6 Å². The Morgan fingerprint density at radius 3 is 2.35 bits per heavy atom. The van der Waals surface area contributed by atoms with Gasteiger partial charge in [0.15, 0.2) is 11.5 Å². The summed E-state index contributed by atoms with van der Waals surface area (Å²) < 4.78 is 10.4. The zero-order valence-electron chi connectivity index (χ0n) is 12.0. The predicted octanol–water partition coefficient (Wildman–Crippen LogP) is 2.26. The Kier molecular flexibility index (Phi) is 6.10. The molecule has 2 unspecified atom stereocenters. The number of nitrogens with two attached hydrogens (primary N) is 2. The van der Waals surface area contributed by atoms with Crippen LogP contribution in [0.2, 0.25) is 5.02 Å². The number of halogens is 1. The summed E-state index contributed by atoms with van der Waals surface area (Å²) in [5, 5.41) is 0.515. The van der Waals surface area contributed by atoms with Crippen molar-refractivity contribution in [2.75, 3.05) is 14.2 Å². The third kappa shape index (κ3) is 4.28. The molecule has 0 spiro atoms. The van der Waals surface area contributed by atoms with E-state index in [9.17, 15) is 4.79 Å². The highest BCUT2D eigenvalue weighted by Gasteiger charge is 2.18. The molecule has 6 heteroatoms. The Labute approximate surface area is 124 Å². The molecule has 1 aromatic rings. The van der Waals surface area contributed by atoms with E-state index in [1.54, 1.807) is 26.4 Å². The quantitative estimate of drug-likeness (QED) is 0.808. The van der Waals surface area contributed by atoms with Crippen molar-refractivity contribution < 1.29 is 14.3 Å². The molecule has 0 saturated heterocycles. The molecule has 0 bridgehead atoms. The number of carbonyl (C=O) groups excluding carboxylic acids is 1. The number of hydrogen-bond donors (Lipinski definition) is 2. The number of methoxy groups -OCH3 is 2. The first kappa shape index (κ1) is 16.6. The van der Waals surface area contributed by atoms with Crippen molar-refractivity contribution in [1.82, 2.24) is 0 Å². The lowest BCUT2D eigenvalue weighted by molar-refractivity contribution is -0.118. The van der Waals surface area contributed by atoms with Crippen molar-refractivity contribution in [1.29, 1.82) is 0 Å². The van der Waals surface area contributed by atoms with Gasteiger partial charge in [-0.3, -0.25) is 4.79 Å². The fraction of sp³-hybridized carbons (Fsp3) is 0.500. The number of hydrogen-bond acceptors (Lipinski definition) is 4. The number of amides is 1. The van der Waals surface area contributed by atoms with Crippen LogP contribution < -0.4 is 20.9 Å². The molecular weight excluding hydrogens is 280 g/mol. The Morgan fingerprint density at radius 2 is 1.85 bits per heavy atom. The fourth-order valence-corrected chi connectivity index (χ4v) is 2.44. The van der Waals surface area contributed by atoms with Gasteiger partial charge in [0, 0.05) is 23.6 Å². The summed E-state index contributed by atoms with van der Waals surface area (Å²) in [6.45, 7) is 1.93. The molecule has 0 aliphatic heterocycles. The van der Waals surface area contributed by atoms with E-state index in [1.807, 2.05) is 6.92 Å². The predicted molar refractivity (Wildman–Crippen MR) is 79.1 cm³/mol. The molecule has 0 heterocycles. The number of benzene rings is 1. The van der Waals surface area contributed by atoms with Crippen LogP contribution in [0, 0.1) is 5.92 Å². The van der Waals surface area contributed by atoms with Crippen LogP contribution in [0.15, 0.2) is 12.1 Å². The molecule has 0 aliphatic carbocycles. The van der Waals surface area contributed by atoms with Gasteiger partial charge in [0.1, 0.15) is 0 Å². The van der Waals surface area contributed by atoms with E-state index < -0.39 is 0 Å². The van der Waals surface area contributed by atoms with Crippen molar-refractivity contribution >= 4 is 17.5 Å². The van der Waals surface area contributed by atoms with Crippen molar-refractivity contribution in [2.45, 2.75) is 25.8 Å². The van der Waals surface area contributed by atoms with E-state index in [0.29, 0.717) is 29.4 Å². The highest BCUT2D eigenvalue weighted by Crippen LogP contribution is 2.36. The van der Waals surface area contributed by atoms with Gasteiger partial charge in [-0.05, 0) is 24.0 Å². The first-order chi connectivity index (χ1) is 9.38. The van der Waals surface area contributed by atoms with E-state index in [4.69, 9.17) is 32.5 Å².